The molecule has 0 spiro atoms. The van der Waals surface area contributed by atoms with Crippen molar-refractivity contribution in [3.63, 3.8) is 0 Å². The number of morpholine rings is 1. The third kappa shape index (κ3) is 6.04. The lowest BCUT2D eigenvalue weighted by Gasteiger charge is -2.32. The monoisotopic (exact) mass is 428 g/mol. The first-order chi connectivity index (χ1) is 13.8. The molecule has 0 bridgehead atoms. The Hall–Kier alpha value is -2.40. The molecule has 2 aromatic heterocycles. The highest BCUT2D eigenvalue weighted by Crippen LogP contribution is 2.29. The Balaban J connectivity index is 1.48. The van der Waals surface area contributed by atoms with Crippen molar-refractivity contribution in [2.24, 2.45) is 4.99 Å². The topological polar surface area (TPSA) is 74.7 Å². The van der Waals surface area contributed by atoms with Crippen molar-refractivity contribution in [2.45, 2.75) is 32.3 Å². The standard InChI is InChI=1S/C18H23F3N6OS/c1-12-10-27(5-6-28-12)15-4-3-13(7-23-15)8-24-17(22-2)25-9-16-26-14(11-29-16)18(19,20)21/h3-4,7,11-12H,5-6,8-10H2,1-2H3,(H2,22,24,25). The number of ether oxygens (including phenoxy) is 1. The highest BCUT2D eigenvalue weighted by molar-refractivity contribution is 7.09. The van der Waals surface area contributed by atoms with Crippen LogP contribution in [0.2, 0.25) is 0 Å². The summed E-state index contributed by atoms with van der Waals surface area (Å²) in [6, 6.07) is 3.96. The van der Waals surface area contributed by atoms with Gasteiger partial charge in [0.15, 0.2) is 11.7 Å². The number of thiazole rings is 1. The van der Waals surface area contributed by atoms with Crippen LogP contribution in [0.25, 0.3) is 0 Å². The van der Waals surface area contributed by atoms with Crippen molar-refractivity contribution in [1.82, 2.24) is 20.6 Å². The minimum atomic E-state index is -4.42. The van der Waals surface area contributed by atoms with E-state index in [1.807, 2.05) is 19.1 Å². The number of halogens is 3. The molecule has 3 rings (SSSR count). The van der Waals surface area contributed by atoms with Crippen LogP contribution in [0.1, 0.15) is 23.2 Å². The number of pyridine rings is 1. The number of alkyl halides is 3. The van der Waals surface area contributed by atoms with Crippen molar-refractivity contribution in [2.75, 3.05) is 31.6 Å². The van der Waals surface area contributed by atoms with Gasteiger partial charge in [-0.3, -0.25) is 4.99 Å². The molecule has 1 unspecified atom stereocenters. The number of aliphatic imine (C=N–C) groups is 1. The second-order valence-electron chi connectivity index (χ2n) is 6.56. The van der Waals surface area contributed by atoms with Gasteiger partial charge in [-0.2, -0.15) is 13.2 Å². The maximum Gasteiger partial charge on any atom is 0.434 e. The van der Waals surface area contributed by atoms with Crippen LogP contribution < -0.4 is 15.5 Å². The third-order valence-electron chi connectivity index (χ3n) is 4.31. The van der Waals surface area contributed by atoms with E-state index < -0.39 is 11.9 Å². The Kier molecular flexibility index (Phi) is 6.91. The molecule has 0 saturated carbocycles. The average Bonchev–Trinajstić information content (AvgIpc) is 3.18. The largest absolute Gasteiger partial charge is 0.434 e. The van der Waals surface area contributed by atoms with Crippen LogP contribution in [0.4, 0.5) is 19.0 Å². The van der Waals surface area contributed by atoms with Crippen molar-refractivity contribution >= 4 is 23.1 Å². The van der Waals surface area contributed by atoms with E-state index in [1.54, 1.807) is 13.2 Å². The zero-order valence-electron chi connectivity index (χ0n) is 16.2. The van der Waals surface area contributed by atoms with Crippen LogP contribution in [0.3, 0.4) is 0 Å². The van der Waals surface area contributed by atoms with Crippen LogP contribution in [0.5, 0.6) is 0 Å². The molecular weight excluding hydrogens is 405 g/mol. The number of aromatic nitrogens is 2. The van der Waals surface area contributed by atoms with Gasteiger partial charge in [-0.1, -0.05) is 6.07 Å². The van der Waals surface area contributed by atoms with Gasteiger partial charge in [-0.15, -0.1) is 11.3 Å². The van der Waals surface area contributed by atoms with Crippen LogP contribution in [-0.2, 0) is 24.0 Å². The molecule has 0 aliphatic carbocycles. The van der Waals surface area contributed by atoms with Gasteiger partial charge in [-0.25, -0.2) is 9.97 Å². The van der Waals surface area contributed by atoms with E-state index in [9.17, 15) is 13.2 Å². The number of nitrogens with zero attached hydrogens (tertiary/aromatic N) is 4. The Bertz CT molecular complexity index is 824. The highest BCUT2D eigenvalue weighted by Gasteiger charge is 2.33. The first-order valence-corrected chi connectivity index (χ1v) is 10.0. The van der Waals surface area contributed by atoms with Crippen molar-refractivity contribution < 1.29 is 17.9 Å². The molecule has 29 heavy (non-hydrogen) atoms. The molecule has 2 aromatic rings. The SMILES string of the molecule is CN=C(NCc1ccc(N2CCOC(C)C2)nc1)NCc1nc(C(F)(F)F)cs1. The lowest BCUT2D eigenvalue weighted by molar-refractivity contribution is -0.140. The predicted molar refractivity (Wildman–Crippen MR) is 106 cm³/mol. The Morgan fingerprint density at radius 3 is 2.76 bits per heavy atom. The lowest BCUT2D eigenvalue weighted by atomic mass is 10.2. The predicted octanol–water partition coefficient (Wildman–Crippen LogP) is 2.65. The van der Waals surface area contributed by atoms with E-state index in [4.69, 9.17) is 4.74 Å². The number of guanidine groups is 1. The summed E-state index contributed by atoms with van der Waals surface area (Å²) in [6.45, 7) is 5.01. The summed E-state index contributed by atoms with van der Waals surface area (Å²) < 4.78 is 43.4. The first-order valence-electron chi connectivity index (χ1n) is 9.12. The van der Waals surface area contributed by atoms with E-state index in [0.717, 1.165) is 41.2 Å². The molecule has 1 atom stereocenters. The second-order valence-corrected chi connectivity index (χ2v) is 7.50. The van der Waals surface area contributed by atoms with Gasteiger partial charge < -0.3 is 20.3 Å². The first kappa shape index (κ1) is 21.3. The molecule has 0 radical (unpaired) electrons. The quantitative estimate of drug-likeness (QED) is 0.564. The molecule has 1 saturated heterocycles. The van der Waals surface area contributed by atoms with Gasteiger partial charge in [0.1, 0.15) is 10.8 Å². The van der Waals surface area contributed by atoms with Crippen LogP contribution in [-0.4, -0.2) is 48.8 Å². The fourth-order valence-corrected chi connectivity index (χ4v) is 3.56. The Morgan fingerprint density at radius 1 is 1.34 bits per heavy atom. The third-order valence-corrected chi connectivity index (χ3v) is 5.16. The zero-order valence-corrected chi connectivity index (χ0v) is 17.0. The molecule has 3 heterocycles. The molecule has 7 nitrogen and oxygen atoms in total. The fourth-order valence-electron chi connectivity index (χ4n) is 2.82. The maximum absolute atomic E-state index is 12.6. The molecule has 0 amide bonds. The van der Waals surface area contributed by atoms with Crippen LogP contribution in [0, 0.1) is 0 Å². The lowest BCUT2D eigenvalue weighted by Crippen LogP contribution is -2.41. The molecule has 1 aliphatic rings. The van der Waals surface area contributed by atoms with Crippen LogP contribution in [0.15, 0.2) is 28.7 Å². The molecule has 11 heteroatoms. The van der Waals surface area contributed by atoms with Crippen LogP contribution >= 0.6 is 11.3 Å². The fraction of sp³-hybridized carbons (Fsp3) is 0.500. The number of rotatable bonds is 5. The van der Waals surface area contributed by atoms with Crippen molar-refractivity contribution in [3.8, 4) is 0 Å². The normalized spacial score (nSPS) is 18.0. The highest BCUT2D eigenvalue weighted by atomic mass is 32.1. The average molecular weight is 428 g/mol. The number of hydrogen-bond acceptors (Lipinski definition) is 6. The maximum atomic E-state index is 12.6. The Labute approximate surface area is 171 Å². The van der Waals surface area contributed by atoms with E-state index >= 15 is 0 Å². The summed E-state index contributed by atoms with van der Waals surface area (Å²) in [6.07, 6.45) is -2.44. The van der Waals surface area contributed by atoms with Gasteiger partial charge in [0.05, 0.1) is 19.3 Å². The van der Waals surface area contributed by atoms with E-state index in [2.05, 4.69) is 30.5 Å². The minimum Gasteiger partial charge on any atom is -0.375 e. The van der Waals surface area contributed by atoms with E-state index in [-0.39, 0.29) is 12.6 Å². The van der Waals surface area contributed by atoms with Gasteiger partial charge in [0, 0.05) is 38.3 Å². The summed E-state index contributed by atoms with van der Waals surface area (Å²) in [7, 11) is 1.60. The van der Waals surface area contributed by atoms with E-state index in [1.165, 1.54) is 0 Å². The summed E-state index contributed by atoms with van der Waals surface area (Å²) in [5.74, 6) is 1.38. The second kappa shape index (κ2) is 9.40. The molecule has 1 aliphatic heterocycles. The zero-order chi connectivity index (χ0) is 20.9. The molecular formula is C18H23F3N6OS. The molecule has 0 aromatic carbocycles. The van der Waals surface area contributed by atoms with Crippen molar-refractivity contribution in [1.29, 1.82) is 0 Å². The van der Waals surface area contributed by atoms with Gasteiger partial charge in [0.25, 0.3) is 0 Å². The summed E-state index contributed by atoms with van der Waals surface area (Å²) >= 11 is 0.959. The number of anilines is 1. The summed E-state index contributed by atoms with van der Waals surface area (Å²) in [5.41, 5.74) is 0.0923. The molecule has 1 fully saturated rings. The summed E-state index contributed by atoms with van der Waals surface area (Å²) in [5, 5.41) is 7.43. The number of hydrogen-bond donors (Lipinski definition) is 2. The molecule has 158 valence electrons. The van der Waals surface area contributed by atoms with Crippen molar-refractivity contribution in [3.05, 3.63) is 40.0 Å². The van der Waals surface area contributed by atoms with Gasteiger partial charge in [0.2, 0.25) is 0 Å². The molecule has 2 N–H and O–H groups in total. The number of nitrogens with one attached hydrogen (secondary N) is 2. The minimum absolute atomic E-state index is 0.160. The van der Waals surface area contributed by atoms with Gasteiger partial charge in [-0.05, 0) is 18.6 Å². The summed E-state index contributed by atoms with van der Waals surface area (Å²) in [4.78, 5) is 14.4. The van der Waals surface area contributed by atoms with E-state index in [0.29, 0.717) is 24.1 Å². The Morgan fingerprint density at radius 2 is 2.14 bits per heavy atom. The van der Waals surface area contributed by atoms with Gasteiger partial charge >= 0.3 is 6.18 Å². The smallest absolute Gasteiger partial charge is 0.375 e.